The van der Waals surface area contributed by atoms with E-state index in [1.807, 2.05) is 0 Å². The topological polar surface area (TPSA) is 43.8 Å². The number of nitrogens with zero attached hydrogens (tertiary/aromatic N) is 2. The van der Waals surface area contributed by atoms with Crippen molar-refractivity contribution < 1.29 is 14.2 Å². The van der Waals surface area contributed by atoms with E-state index in [0.717, 1.165) is 24.5 Å². The zero-order chi connectivity index (χ0) is 13.6. The molecule has 0 saturated carbocycles. The fourth-order valence-electron chi connectivity index (χ4n) is 2.63. The number of anilines is 1. The minimum atomic E-state index is 0.540. The van der Waals surface area contributed by atoms with E-state index in [1.165, 1.54) is 18.5 Å². The number of rotatable bonds is 1. The lowest BCUT2D eigenvalue weighted by molar-refractivity contribution is 0.00332. The van der Waals surface area contributed by atoms with Crippen molar-refractivity contribution in [1.82, 2.24) is 4.98 Å². The second kappa shape index (κ2) is 7.02. The fraction of sp³-hybridized carbons (Fsp3) is 0.667. The van der Waals surface area contributed by atoms with Crippen LogP contribution >= 0.6 is 0 Å². The minimum Gasteiger partial charge on any atom is -0.377 e. The van der Waals surface area contributed by atoms with Crippen LogP contribution in [0.1, 0.15) is 24.2 Å². The number of ether oxygens (including phenoxy) is 3. The van der Waals surface area contributed by atoms with E-state index < -0.39 is 0 Å². The quantitative estimate of drug-likeness (QED) is 0.783. The van der Waals surface area contributed by atoms with Crippen LogP contribution in [0.15, 0.2) is 12.1 Å². The van der Waals surface area contributed by atoms with Gasteiger partial charge in [-0.1, -0.05) is 0 Å². The highest BCUT2D eigenvalue weighted by molar-refractivity contribution is 5.49. The van der Waals surface area contributed by atoms with Gasteiger partial charge in [0.15, 0.2) is 0 Å². The first-order valence-corrected chi connectivity index (χ1v) is 7.40. The van der Waals surface area contributed by atoms with Crippen molar-refractivity contribution in [3.05, 3.63) is 23.5 Å². The zero-order valence-corrected chi connectivity index (χ0v) is 11.8. The van der Waals surface area contributed by atoms with Crippen molar-refractivity contribution in [1.29, 1.82) is 0 Å². The van der Waals surface area contributed by atoms with Crippen LogP contribution in [0, 0.1) is 0 Å². The highest BCUT2D eigenvalue weighted by atomic mass is 16.5. The summed E-state index contributed by atoms with van der Waals surface area (Å²) in [5.74, 6) is 0. The Morgan fingerprint density at radius 2 is 1.35 bits per heavy atom. The molecule has 3 rings (SSSR count). The average molecular weight is 278 g/mol. The Morgan fingerprint density at radius 1 is 0.800 bits per heavy atom. The number of pyridine rings is 1. The predicted octanol–water partition coefficient (Wildman–Crippen LogP) is 1.75. The lowest BCUT2D eigenvalue weighted by Gasteiger charge is -2.20. The van der Waals surface area contributed by atoms with Crippen molar-refractivity contribution in [2.45, 2.75) is 26.1 Å². The van der Waals surface area contributed by atoms with E-state index >= 15 is 0 Å². The molecule has 0 aromatic carbocycles. The van der Waals surface area contributed by atoms with Gasteiger partial charge in [-0.3, -0.25) is 4.98 Å². The normalized spacial score (nSPS) is 21.3. The molecule has 0 unspecified atom stereocenters. The van der Waals surface area contributed by atoms with Crippen molar-refractivity contribution in [3.8, 4) is 0 Å². The largest absolute Gasteiger partial charge is 0.377 e. The zero-order valence-electron chi connectivity index (χ0n) is 11.8. The molecule has 3 heterocycles. The van der Waals surface area contributed by atoms with E-state index in [1.54, 1.807) is 0 Å². The van der Waals surface area contributed by atoms with E-state index in [4.69, 9.17) is 14.2 Å². The van der Waals surface area contributed by atoms with Gasteiger partial charge < -0.3 is 19.1 Å². The Labute approximate surface area is 119 Å². The molecule has 0 radical (unpaired) electrons. The van der Waals surface area contributed by atoms with Gasteiger partial charge in [-0.15, -0.1) is 0 Å². The van der Waals surface area contributed by atoms with Crippen molar-refractivity contribution >= 4 is 5.69 Å². The Bertz CT molecular complexity index is 405. The SMILES string of the molecule is c1c(N2CCCC2)cc2nc1COCCOCCOC2. The highest BCUT2D eigenvalue weighted by Crippen LogP contribution is 2.22. The summed E-state index contributed by atoms with van der Waals surface area (Å²) < 4.78 is 16.6. The van der Waals surface area contributed by atoms with Crippen molar-refractivity contribution in [3.63, 3.8) is 0 Å². The van der Waals surface area contributed by atoms with E-state index in [0.29, 0.717) is 39.6 Å². The summed E-state index contributed by atoms with van der Waals surface area (Å²) in [6.07, 6.45) is 2.55. The van der Waals surface area contributed by atoms with Gasteiger partial charge in [-0.25, -0.2) is 0 Å². The smallest absolute Gasteiger partial charge is 0.0889 e. The summed E-state index contributed by atoms with van der Waals surface area (Å²) in [6, 6.07) is 4.28. The molecular weight excluding hydrogens is 256 g/mol. The standard InChI is InChI=1S/C15H22N2O3/c1-2-4-17(3-1)15-9-13-11-19-7-5-18-6-8-20-12-14(10-15)16-13/h9-10H,1-8,11-12H2. The van der Waals surface area contributed by atoms with Gasteiger partial charge >= 0.3 is 0 Å². The molecule has 2 aliphatic rings. The molecule has 5 nitrogen and oxygen atoms in total. The molecule has 20 heavy (non-hydrogen) atoms. The lowest BCUT2D eigenvalue weighted by Crippen LogP contribution is -2.19. The molecular formula is C15H22N2O3. The Hall–Kier alpha value is -1.17. The molecule has 0 spiro atoms. The maximum atomic E-state index is 5.62. The summed E-state index contributed by atoms with van der Waals surface area (Å²) >= 11 is 0. The highest BCUT2D eigenvalue weighted by Gasteiger charge is 2.14. The molecule has 1 aromatic heterocycles. The molecule has 0 atom stereocenters. The number of hydrogen-bond acceptors (Lipinski definition) is 5. The van der Waals surface area contributed by atoms with Gasteiger partial charge in [0.05, 0.1) is 51.0 Å². The maximum Gasteiger partial charge on any atom is 0.0889 e. The van der Waals surface area contributed by atoms with Gasteiger partial charge in [-0.05, 0) is 25.0 Å². The summed E-state index contributed by atoms with van der Waals surface area (Å²) in [5, 5.41) is 0. The van der Waals surface area contributed by atoms with Crippen LogP contribution in [0.25, 0.3) is 0 Å². The molecule has 0 N–H and O–H groups in total. The Morgan fingerprint density at radius 3 is 1.95 bits per heavy atom. The first-order chi connectivity index (χ1) is 9.92. The van der Waals surface area contributed by atoms with Crippen LogP contribution < -0.4 is 4.90 Å². The summed E-state index contributed by atoms with van der Waals surface area (Å²) in [4.78, 5) is 7.04. The third-order valence-corrected chi connectivity index (χ3v) is 3.63. The van der Waals surface area contributed by atoms with Crippen LogP contribution in [0.3, 0.4) is 0 Å². The Kier molecular flexibility index (Phi) is 4.84. The monoisotopic (exact) mass is 278 g/mol. The molecule has 0 aliphatic carbocycles. The molecule has 110 valence electrons. The molecule has 1 aromatic rings. The number of fused-ring (bicyclic) bond motifs is 2. The predicted molar refractivity (Wildman–Crippen MR) is 75.8 cm³/mol. The maximum absolute atomic E-state index is 5.62. The van der Waals surface area contributed by atoms with E-state index in [2.05, 4.69) is 22.0 Å². The first kappa shape index (κ1) is 13.8. The summed E-state index contributed by atoms with van der Waals surface area (Å²) in [5.41, 5.74) is 3.21. The number of aromatic nitrogens is 1. The second-order valence-electron chi connectivity index (χ2n) is 5.22. The molecule has 2 bridgehead atoms. The van der Waals surface area contributed by atoms with E-state index in [9.17, 15) is 0 Å². The van der Waals surface area contributed by atoms with Gasteiger partial charge in [0.2, 0.25) is 0 Å². The molecule has 5 heteroatoms. The van der Waals surface area contributed by atoms with Crippen molar-refractivity contribution in [2.24, 2.45) is 0 Å². The van der Waals surface area contributed by atoms with Crippen LogP contribution in [-0.4, -0.2) is 44.5 Å². The molecule has 0 amide bonds. The molecule has 1 fully saturated rings. The fourth-order valence-corrected chi connectivity index (χ4v) is 2.63. The Balaban J connectivity index is 1.78. The van der Waals surface area contributed by atoms with Crippen LogP contribution in [0.4, 0.5) is 5.69 Å². The van der Waals surface area contributed by atoms with Gasteiger partial charge in [-0.2, -0.15) is 0 Å². The molecule has 2 aliphatic heterocycles. The summed E-state index contributed by atoms with van der Waals surface area (Å²) in [7, 11) is 0. The van der Waals surface area contributed by atoms with E-state index in [-0.39, 0.29) is 0 Å². The van der Waals surface area contributed by atoms with Gasteiger partial charge in [0, 0.05) is 18.8 Å². The third kappa shape index (κ3) is 3.69. The number of hydrogen-bond donors (Lipinski definition) is 0. The minimum absolute atomic E-state index is 0.540. The summed E-state index contributed by atoms with van der Waals surface area (Å²) in [6.45, 7) is 5.78. The third-order valence-electron chi connectivity index (χ3n) is 3.63. The van der Waals surface area contributed by atoms with Gasteiger partial charge in [0.1, 0.15) is 0 Å². The van der Waals surface area contributed by atoms with Gasteiger partial charge in [0.25, 0.3) is 0 Å². The van der Waals surface area contributed by atoms with Crippen molar-refractivity contribution in [2.75, 3.05) is 44.4 Å². The molecule has 1 saturated heterocycles. The average Bonchev–Trinajstić information content (AvgIpc) is 2.98. The first-order valence-electron chi connectivity index (χ1n) is 7.40. The lowest BCUT2D eigenvalue weighted by atomic mass is 10.2. The van der Waals surface area contributed by atoms with Crippen LogP contribution in [0.5, 0.6) is 0 Å². The van der Waals surface area contributed by atoms with Crippen LogP contribution in [-0.2, 0) is 27.4 Å². The second-order valence-corrected chi connectivity index (χ2v) is 5.22. The van der Waals surface area contributed by atoms with Crippen LogP contribution in [0.2, 0.25) is 0 Å².